The molecule has 0 amide bonds. The van der Waals surface area contributed by atoms with Crippen molar-refractivity contribution in [1.29, 1.82) is 0 Å². The molecule has 312 valence electrons. The summed E-state index contributed by atoms with van der Waals surface area (Å²) in [6.07, 6.45) is 0. The van der Waals surface area contributed by atoms with Gasteiger partial charge in [-0.15, -0.1) is 0 Å². The second-order valence-corrected chi connectivity index (χ2v) is 25.3. The predicted molar refractivity (Wildman–Crippen MR) is 274 cm³/mol. The third kappa shape index (κ3) is 5.27. The molecule has 0 N–H and O–H groups in total. The number of benzene rings is 9. The van der Waals surface area contributed by atoms with Gasteiger partial charge in [-0.05, 0) is 13.8 Å². The van der Waals surface area contributed by atoms with Crippen LogP contribution in [0.4, 0.5) is 34.1 Å². The Morgan fingerprint density at radius 2 is 0.697 bits per heavy atom. The van der Waals surface area contributed by atoms with Crippen molar-refractivity contribution in [3.8, 4) is 22.5 Å². The molecule has 66 heavy (non-hydrogen) atoms. The average molecular weight is 906 g/mol. The number of aryl methyl sites for hydroxylation is 1. The molecule has 9 aromatic carbocycles. The van der Waals surface area contributed by atoms with Crippen LogP contribution in [-0.2, 0) is 5.41 Å². The van der Waals surface area contributed by atoms with Crippen LogP contribution in [0.1, 0.15) is 33.6 Å². The van der Waals surface area contributed by atoms with E-state index in [1.54, 1.807) is 0 Å². The second kappa shape index (κ2) is 14.9. The van der Waals surface area contributed by atoms with E-state index < -0.39 is 18.7 Å². The van der Waals surface area contributed by atoms with Crippen molar-refractivity contribution in [3.63, 3.8) is 0 Å². The van der Waals surface area contributed by atoms with Crippen LogP contribution in [0.2, 0.25) is 0 Å². The Hall–Kier alpha value is -7.80. The van der Waals surface area contributed by atoms with Crippen molar-refractivity contribution in [3.05, 3.63) is 264 Å². The zero-order valence-corrected chi connectivity index (χ0v) is 38.8. The Kier molecular flexibility index (Phi) is 8.71. The summed E-state index contributed by atoms with van der Waals surface area (Å²) in [5.41, 5.74) is 17.0. The zero-order chi connectivity index (χ0) is 44.0. The molecule has 0 saturated carbocycles. The molecule has 0 bridgehead atoms. The number of rotatable bonds is 4. The summed E-state index contributed by atoms with van der Waals surface area (Å²) in [5.74, 6) is 0.760. The first-order chi connectivity index (χ1) is 32.6. The molecule has 4 heterocycles. The molecular weight excluding hydrogens is 861 g/mol. The molecule has 13 rings (SSSR count). The van der Waals surface area contributed by atoms with E-state index in [1.165, 1.54) is 68.3 Å². The van der Waals surface area contributed by atoms with E-state index in [2.05, 4.69) is 241 Å². The fourth-order valence-corrected chi connectivity index (χ4v) is 23.7. The zero-order valence-electron chi connectivity index (χ0n) is 36.7. The first-order valence-corrected chi connectivity index (χ1v) is 27.0. The summed E-state index contributed by atoms with van der Waals surface area (Å²) in [6.45, 7) is 4.12. The van der Waals surface area contributed by atoms with Gasteiger partial charge in [-0.3, -0.25) is 0 Å². The maximum absolute atomic E-state index is 5.00. The summed E-state index contributed by atoms with van der Waals surface area (Å²) >= 11 is -3.83. The molecule has 0 unspecified atom stereocenters. The van der Waals surface area contributed by atoms with Gasteiger partial charge < -0.3 is 0 Å². The van der Waals surface area contributed by atoms with E-state index in [1.807, 2.05) is 13.0 Å². The van der Waals surface area contributed by atoms with Gasteiger partial charge in [0.15, 0.2) is 0 Å². The van der Waals surface area contributed by atoms with E-state index in [9.17, 15) is 0 Å². The van der Waals surface area contributed by atoms with Gasteiger partial charge in [-0.25, -0.2) is 4.98 Å². The summed E-state index contributed by atoms with van der Waals surface area (Å²) in [6, 6.07) is 86.2. The van der Waals surface area contributed by atoms with Crippen LogP contribution >= 0.6 is 0 Å². The van der Waals surface area contributed by atoms with Gasteiger partial charge in [-0.1, -0.05) is 30.3 Å². The third-order valence-electron chi connectivity index (χ3n) is 14.4. The van der Waals surface area contributed by atoms with Gasteiger partial charge in [0.05, 0.1) is 5.69 Å². The number of para-hydroxylation sites is 5. The van der Waals surface area contributed by atoms with Crippen LogP contribution in [0.3, 0.4) is 0 Å². The van der Waals surface area contributed by atoms with Crippen LogP contribution in [0.15, 0.2) is 231 Å². The molecule has 0 saturated heterocycles. The van der Waals surface area contributed by atoms with Gasteiger partial charge in [0.1, 0.15) is 5.82 Å². The normalized spacial score (nSPS) is 14.4. The number of nitrogens with zero attached hydrogens (tertiary/aromatic N) is 4. The molecule has 5 heteroatoms. The number of aromatic nitrogens is 2. The molecular formula is C61H44GeN4. The van der Waals surface area contributed by atoms with Gasteiger partial charge in [0.25, 0.3) is 0 Å². The molecule has 1 aromatic heterocycles. The summed E-state index contributed by atoms with van der Waals surface area (Å²) in [7, 11) is 0. The van der Waals surface area contributed by atoms with Crippen LogP contribution in [0, 0.1) is 13.8 Å². The monoisotopic (exact) mass is 906 g/mol. The molecule has 0 fully saturated rings. The fourth-order valence-electron chi connectivity index (χ4n) is 11.9. The van der Waals surface area contributed by atoms with E-state index in [4.69, 9.17) is 9.97 Å². The SMILES string of the molecule is Cc1nc(-c2ccccc2)c(C)c(-c2ccc(N3c4ccccc4C4(c5ccccc53)c3cccc[c]3[Ge]3([c]5ccccc5N(c5ccccc5)c5cccc[c]53)[c]3ccccc34)cc2)n1. The molecule has 0 radical (unpaired) electrons. The van der Waals surface area contributed by atoms with Crippen LogP contribution in [-0.4, -0.2) is 23.2 Å². The van der Waals surface area contributed by atoms with Crippen molar-refractivity contribution in [1.82, 2.24) is 9.97 Å². The Bertz CT molecular complexity index is 3380. The van der Waals surface area contributed by atoms with E-state index >= 15 is 0 Å². The van der Waals surface area contributed by atoms with E-state index in [0.29, 0.717) is 0 Å². The predicted octanol–water partition coefficient (Wildman–Crippen LogP) is 12.1. The maximum atomic E-state index is 5.00. The first-order valence-electron chi connectivity index (χ1n) is 22.8. The van der Waals surface area contributed by atoms with Gasteiger partial charge in [0, 0.05) is 5.56 Å². The van der Waals surface area contributed by atoms with Crippen LogP contribution < -0.4 is 27.4 Å². The van der Waals surface area contributed by atoms with Crippen molar-refractivity contribution in [2.75, 3.05) is 9.80 Å². The topological polar surface area (TPSA) is 32.3 Å². The Morgan fingerprint density at radius 1 is 0.333 bits per heavy atom. The van der Waals surface area contributed by atoms with Crippen LogP contribution in [0.25, 0.3) is 22.5 Å². The van der Waals surface area contributed by atoms with Crippen molar-refractivity contribution in [2.45, 2.75) is 19.3 Å². The van der Waals surface area contributed by atoms with Crippen molar-refractivity contribution < 1.29 is 0 Å². The number of anilines is 6. The quantitative estimate of drug-likeness (QED) is 0.165. The van der Waals surface area contributed by atoms with E-state index in [-0.39, 0.29) is 0 Å². The third-order valence-corrected chi connectivity index (χ3v) is 24.8. The average Bonchev–Trinajstić information content (AvgIpc) is 3.38. The van der Waals surface area contributed by atoms with E-state index in [0.717, 1.165) is 39.6 Å². The van der Waals surface area contributed by atoms with Crippen LogP contribution in [0.5, 0.6) is 0 Å². The second-order valence-electron chi connectivity index (χ2n) is 17.7. The molecule has 10 aromatic rings. The summed E-state index contributed by atoms with van der Waals surface area (Å²) < 4.78 is 5.88. The fraction of sp³-hybridized carbons (Fsp3) is 0.0492. The standard InChI is InChI=1S/C61H44GeN4/c1-41-59(43-21-5-3-6-22-43)63-42(2)64-60(41)44-37-39-46(40-38-44)65-55-33-17-11-27-49(55)61(50-28-12-18-34-56(50)65)47-25-9-13-29-51(47)62(52-30-14-10-26-48(52)61)53-31-15-19-35-57(53)66(45-23-7-4-8-24-45)58-36-20-16-32-54(58)62/h3-40H,1-2H3. The van der Waals surface area contributed by atoms with Crippen molar-refractivity contribution in [2.24, 2.45) is 0 Å². The molecule has 3 aliphatic heterocycles. The summed E-state index contributed by atoms with van der Waals surface area (Å²) in [5, 5.41) is 0. The number of hydrogen-bond donors (Lipinski definition) is 0. The Balaban J connectivity index is 1.04. The van der Waals surface area contributed by atoms with Crippen molar-refractivity contribution >= 4 is 65.0 Å². The minimum absolute atomic E-state index is 0.600. The molecule has 0 aliphatic carbocycles. The first kappa shape index (κ1) is 38.6. The minimum atomic E-state index is -3.83. The molecule has 3 aliphatic rings. The Morgan fingerprint density at radius 3 is 1.21 bits per heavy atom. The number of hydrogen-bond acceptors (Lipinski definition) is 4. The molecule has 2 spiro atoms. The molecule has 0 atom stereocenters. The summed E-state index contributed by atoms with van der Waals surface area (Å²) in [4.78, 5) is 14.9. The van der Waals surface area contributed by atoms with Gasteiger partial charge in [0.2, 0.25) is 0 Å². The Labute approximate surface area is 388 Å². The van der Waals surface area contributed by atoms with Gasteiger partial charge in [-0.2, -0.15) is 0 Å². The number of fused-ring (bicyclic) bond motifs is 14. The molecule has 4 nitrogen and oxygen atoms in total. The van der Waals surface area contributed by atoms with Gasteiger partial charge >= 0.3 is 324 Å².